The summed E-state index contributed by atoms with van der Waals surface area (Å²) in [5.41, 5.74) is 0.839. The second kappa shape index (κ2) is 13.3. The molecule has 0 unspecified atom stereocenters. The molecule has 4 aliphatic heterocycles. The number of hydrogen-bond donors (Lipinski definition) is 0. The lowest BCUT2D eigenvalue weighted by Crippen LogP contribution is -2.04. The van der Waals surface area contributed by atoms with Gasteiger partial charge in [-0.15, -0.1) is 0 Å². The van der Waals surface area contributed by atoms with Crippen LogP contribution in [0.15, 0.2) is 133 Å². The monoisotopic (exact) mass is 770 g/mol. The highest BCUT2D eigenvalue weighted by atomic mass is 31.2. The zero-order chi connectivity index (χ0) is 34.4. The summed E-state index contributed by atoms with van der Waals surface area (Å²) < 4.78 is 74.5. The van der Waals surface area contributed by atoms with Crippen LogP contribution in [0.3, 0.4) is 0 Å². The summed E-state index contributed by atoms with van der Waals surface area (Å²) in [6.07, 6.45) is 0. The maximum Gasteiger partial charge on any atom is 0.530 e. The number of benzene rings is 6. The van der Waals surface area contributed by atoms with E-state index in [4.69, 9.17) is 54.3 Å². The molecule has 0 fully saturated rings. The highest BCUT2D eigenvalue weighted by Gasteiger charge is 2.38. The molecule has 16 heteroatoms. The molecule has 6 aromatic carbocycles. The molecule has 0 radical (unpaired) electrons. The summed E-state index contributed by atoms with van der Waals surface area (Å²) in [6, 6.07) is 40.1. The van der Waals surface area contributed by atoms with Crippen molar-refractivity contribution in [1.29, 1.82) is 0 Å². The third-order valence-corrected chi connectivity index (χ3v) is 11.8. The predicted octanol–water partition coefficient (Wildman–Crippen LogP) is 11.7. The second-order valence-electron chi connectivity index (χ2n) is 11.0. The van der Waals surface area contributed by atoms with E-state index in [2.05, 4.69) is 0 Å². The van der Waals surface area contributed by atoms with Gasteiger partial charge in [0.25, 0.3) is 0 Å². The topological polar surface area (TPSA) is 111 Å². The average Bonchev–Trinajstić information content (AvgIpc) is 3.96. The molecular formula is C36H22O12P4. The minimum absolute atomic E-state index is 0.331. The average molecular weight is 770 g/mol. The Bertz CT molecular complexity index is 1900. The summed E-state index contributed by atoms with van der Waals surface area (Å²) in [7, 11) is -7.65. The van der Waals surface area contributed by atoms with E-state index in [9.17, 15) is 0 Å². The van der Waals surface area contributed by atoms with Crippen molar-refractivity contribution in [3.05, 3.63) is 133 Å². The van der Waals surface area contributed by atoms with Gasteiger partial charge in [-0.1, -0.05) is 60.7 Å². The fraction of sp³-hybridized carbons (Fsp3) is 0. The van der Waals surface area contributed by atoms with Crippen molar-refractivity contribution in [2.45, 2.75) is 0 Å². The second-order valence-corrected chi connectivity index (χ2v) is 15.0. The summed E-state index contributed by atoms with van der Waals surface area (Å²) >= 11 is 0. The summed E-state index contributed by atoms with van der Waals surface area (Å²) in [5, 5.41) is 0. The first-order valence-corrected chi connectivity index (χ1v) is 20.1. The SMILES string of the molecule is c1ccc2c(c1)OP(Oc1cccc(OP3Oc4ccccc4O3)c1-c1c(OP3Oc4ccccc4O3)cccc1OP1Oc3ccccc3O1)O2. The van der Waals surface area contributed by atoms with E-state index >= 15 is 0 Å². The van der Waals surface area contributed by atoms with Gasteiger partial charge in [-0.3, -0.25) is 0 Å². The van der Waals surface area contributed by atoms with Crippen LogP contribution in [0.1, 0.15) is 0 Å². The van der Waals surface area contributed by atoms with Crippen molar-refractivity contribution in [2.24, 2.45) is 0 Å². The van der Waals surface area contributed by atoms with Crippen molar-refractivity contribution >= 4 is 34.4 Å². The molecule has 0 amide bonds. The fourth-order valence-electron chi connectivity index (χ4n) is 5.41. The molecule has 4 aliphatic rings. The van der Waals surface area contributed by atoms with Crippen molar-refractivity contribution in [3.63, 3.8) is 0 Å². The van der Waals surface area contributed by atoms with Gasteiger partial charge in [0, 0.05) is 0 Å². The van der Waals surface area contributed by atoms with Gasteiger partial charge >= 0.3 is 34.4 Å². The molecule has 4 heterocycles. The smallest absolute Gasteiger partial charge is 0.408 e. The Labute approximate surface area is 301 Å². The van der Waals surface area contributed by atoms with Crippen molar-refractivity contribution < 1.29 is 54.3 Å². The summed E-state index contributed by atoms with van der Waals surface area (Å²) in [4.78, 5) is 0. The zero-order valence-electron chi connectivity index (χ0n) is 26.4. The highest BCUT2D eigenvalue weighted by Crippen LogP contribution is 2.62. The molecule has 12 nitrogen and oxygen atoms in total. The van der Waals surface area contributed by atoms with Crippen LogP contribution in [0.4, 0.5) is 0 Å². The molecule has 10 rings (SSSR count). The fourth-order valence-corrected chi connectivity index (χ4v) is 9.60. The van der Waals surface area contributed by atoms with Gasteiger partial charge in [0.15, 0.2) is 46.0 Å². The van der Waals surface area contributed by atoms with Gasteiger partial charge in [-0.2, -0.15) is 0 Å². The molecule has 0 atom stereocenters. The van der Waals surface area contributed by atoms with E-state index in [1.165, 1.54) is 0 Å². The maximum atomic E-state index is 6.50. The lowest BCUT2D eigenvalue weighted by molar-refractivity contribution is 0.419. The van der Waals surface area contributed by atoms with Gasteiger partial charge in [0.05, 0.1) is 11.1 Å². The van der Waals surface area contributed by atoms with Crippen molar-refractivity contribution in [3.8, 4) is 80.1 Å². The molecule has 0 spiro atoms. The molecule has 0 N–H and O–H groups in total. The quantitative estimate of drug-likeness (QED) is 0.130. The van der Waals surface area contributed by atoms with Crippen LogP contribution in [0.5, 0.6) is 69.0 Å². The molecule has 258 valence electrons. The number of rotatable bonds is 9. The van der Waals surface area contributed by atoms with Crippen LogP contribution < -0.4 is 54.3 Å². The van der Waals surface area contributed by atoms with Gasteiger partial charge in [0.1, 0.15) is 23.0 Å². The largest absolute Gasteiger partial charge is 0.530 e. The van der Waals surface area contributed by atoms with E-state index in [1.807, 2.05) is 97.1 Å². The van der Waals surface area contributed by atoms with E-state index < -0.39 is 34.4 Å². The molecular weight excluding hydrogens is 748 g/mol. The maximum absolute atomic E-state index is 6.50. The van der Waals surface area contributed by atoms with Crippen molar-refractivity contribution in [2.75, 3.05) is 0 Å². The Morgan fingerprint density at radius 2 is 0.442 bits per heavy atom. The highest BCUT2D eigenvalue weighted by molar-refractivity contribution is 7.44. The van der Waals surface area contributed by atoms with E-state index in [1.54, 1.807) is 36.4 Å². The molecule has 0 aliphatic carbocycles. The van der Waals surface area contributed by atoms with Crippen LogP contribution >= 0.6 is 34.4 Å². The summed E-state index contributed by atoms with van der Waals surface area (Å²) in [6.45, 7) is 0. The molecule has 0 aromatic heterocycles. The van der Waals surface area contributed by atoms with Gasteiger partial charge in [0.2, 0.25) is 0 Å². The lowest BCUT2D eigenvalue weighted by Gasteiger charge is -2.22. The number of para-hydroxylation sites is 8. The summed E-state index contributed by atoms with van der Waals surface area (Å²) in [5.74, 6) is 5.88. The van der Waals surface area contributed by atoms with E-state index in [-0.39, 0.29) is 0 Å². The third kappa shape index (κ3) is 6.04. The van der Waals surface area contributed by atoms with Crippen LogP contribution in [0, 0.1) is 0 Å². The van der Waals surface area contributed by atoms with Crippen LogP contribution in [0.2, 0.25) is 0 Å². The van der Waals surface area contributed by atoms with Gasteiger partial charge in [-0.25, -0.2) is 0 Å². The van der Waals surface area contributed by atoms with E-state index in [0.29, 0.717) is 80.1 Å². The molecule has 52 heavy (non-hydrogen) atoms. The first kappa shape index (κ1) is 31.4. The first-order valence-electron chi connectivity index (χ1n) is 15.7. The Balaban J connectivity index is 1.06. The Morgan fingerprint density at radius 3 is 0.635 bits per heavy atom. The Morgan fingerprint density at radius 1 is 0.250 bits per heavy atom. The van der Waals surface area contributed by atoms with Gasteiger partial charge < -0.3 is 54.3 Å². The van der Waals surface area contributed by atoms with Crippen LogP contribution in [0.25, 0.3) is 11.1 Å². The normalized spacial score (nSPS) is 15.5. The Kier molecular flexibility index (Phi) is 8.04. The minimum atomic E-state index is -1.91. The van der Waals surface area contributed by atoms with Gasteiger partial charge in [-0.05, 0) is 72.8 Å². The number of fused-ring (bicyclic) bond motifs is 4. The van der Waals surface area contributed by atoms with Crippen LogP contribution in [-0.2, 0) is 0 Å². The standard InChI is InChI=1S/C36H22O12P4/c1-2-12-24-23(11-1)37-49(38-24)45-31-19-9-20-32(46-50-39-25-13-3-4-14-26(25)40-50)35(31)36-33(47-51-41-27-15-5-6-16-28(27)42-51)21-10-22-34(36)48-52-43-29-17-7-8-18-30(29)44-52/h1-22H. The van der Waals surface area contributed by atoms with Crippen LogP contribution in [-0.4, -0.2) is 0 Å². The Hall–Kier alpha value is -5.36. The minimum Gasteiger partial charge on any atom is -0.408 e. The molecule has 6 aromatic rings. The van der Waals surface area contributed by atoms with Crippen molar-refractivity contribution in [1.82, 2.24) is 0 Å². The predicted molar refractivity (Wildman–Crippen MR) is 193 cm³/mol. The third-order valence-electron chi connectivity index (χ3n) is 7.70. The number of hydrogen-bond acceptors (Lipinski definition) is 12. The zero-order valence-corrected chi connectivity index (χ0v) is 30.0. The molecule has 0 bridgehead atoms. The lowest BCUT2D eigenvalue weighted by atomic mass is 10.0. The molecule has 0 saturated heterocycles. The molecule has 0 saturated carbocycles. The van der Waals surface area contributed by atoms with E-state index in [0.717, 1.165) is 0 Å². The first-order chi connectivity index (χ1) is 25.7.